The van der Waals surface area contributed by atoms with Crippen LogP contribution in [0.2, 0.25) is 0 Å². The maximum absolute atomic E-state index is 14.1. The van der Waals surface area contributed by atoms with Gasteiger partial charge in [0.25, 0.3) is 0 Å². The molecule has 0 unspecified atom stereocenters. The van der Waals surface area contributed by atoms with Crippen LogP contribution in [-0.2, 0) is 24.8 Å². The summed E-state index contributed by atoms with van der Waals surface area (Å²) in [5, 5.41) is 3.36. The second-order valence-electron chi connectivity index (χ2n) is 10.6. The second-order valence-corrected chi connectivity index (χ2v) is 10.6. The molecule has 3 saturated heterocycles. The highest BCUT2D eigenvalue weighted by atomic mass is 19.1. The van der Waals surface area contributed by atoms with E-state index in [1.54, 1.807) is 0 Å². The topological polar surface area (TPSA) is 85.9 Å². The molecule has 1 N–H and O–H groups in total. The Morgan fingerprint density at radius 3 is 2.54 bits per heavy atom. The fraction of sp³-hybridized carbons (Fsp3) is 0.538. The molecule has 10 nitrogen and oxygen atoms in total. The first-order chi connectivity index (χ1) is 18.1. The first-order valence-electron chi connectivity index (χ1n) is 13.3. The lowest BCUT2D eigenvalue weighted by Crippen LogP contribution is -2.76. The standard InChI is InChI=1S/C26H33FN9O/c1-3-21-29-19-6-4-5-7-20(19)35(21)26-31-24-23(25(32-26)34-8-10-37-11-9-34)30-22(33(24)2)16-36(14-17(27)15-36)18-12-28-13-18/h4-7,17-18,28H,3,8-16H2,1-2H3/q+1. The molecule has 4 aromatic rings. The third-order valence-electron chi connectivity index (χ3n) is 8.35. The minimum absolute atomic E-state index is 0.441. The Kier molecular flexibility index (Phi) is 5.42. The zero-order valence-corrected chi connectivity index (χ0v) is 21.4. The van der Waals surface area contributed by atoms with Gasteiger partial charge in [-0.05, 0) is 12.1 Å². The molecule has 6 heterocycles. The first-order valence-corrected chi connectivity index (χ1v) is 13.3. The summed E-state index contributed by atoms with van der Waals surface area (Å²) < 4.78 is 24.7. The zero-order valence-electron chi connectivity index (χ0n) is 21.4. The Bertz CT molecular complexity index is 1460. The largest absolute Gasteiger partial charge is 0.378 e. The number of imidazole rings is 2. The number of ether oxygens (including phenoxy) is 1. The molecule has 1 aromatic carbocycles. The van der Waals surface area contributed by atoms with E-state index in [-0.39, 0.29) is 0 Å². The third kappa shape index (κ3) is 3.63. The molecule has 0 atom stereocenters. The molecule has 0 radical (unpaired) electrons. The third-order valence-corrected chi connectivity index (χ3v) is 8.35. The van der Waals surface area contributed by atoms with Gasteiger partial charge in [-0.25, -0.2) is 14.4 Å². The van der Waals surface area contributed by atoms with E-state index in [0.717, 1.165) is 76.7 Å². The lowest BCUT2D eigenvalue weighted by atomic mass is 9.97. The van der Waals surface area contributed by atoms with Crippen molar-refractivity contribution in [2.75, 3.05) is 57.4 Å². The summed E-state index contributed by atoms with van der Waals surface area (Å²) >= 11 is 0. The fourth-order valence-corrected chi connectivity index (χ4v) is 6.09. The van der Waals surface area contributed by atoms with Crippen LogP contribution in [0, 0.1) is 0 Å². The number of rotatable bonds is 6. The number of aromatic nitrogens is 6. The molecule has 37 heavy (non-hydrogen) atoms. The predicted molar refractivity (Wildman–Crippen MR) is 139 cm³/mol. The van der Waals surface area contributed by atoms with Crippen LogP contribution < -0.4 is 10.2 Å². The van der Waals surface area contributed by atoms with Gasteiger partial charge < -0.3 is 24.0 Å². The Morgan fingerprint density at radius 2 is 1.84 bits per heavy atom. The summed E-state index contributed by atoms with van der Waals surface area (Å²) in [6, 6.07) is 8.56. The number of nitrogens with zero attached hydrogens (tertiary/aromatic N) is 8. The van der Waals surface area contributed by atoms with Gasteiger partial charge in [-0.2, -0.15) is 9.97 Å². The van der Waals surface area contributed by atoms with E-state index in [0.29, 0.717) is 44.8 Å². The molecule has 3 aliphatic rings. The highest BCUT2D eigenvalue weighted by molar-refractivity contribution is 5.86. The Morgan fingerprint density at radius 1 is 1.05 bits per heavy atom. The van der Waals surface area contributed by atoms with E-state index in [9.17, 15) is 4.39 Å². The van der Waals surface area contributed by atoms with Gasteiger partial charge >= 0.3 is 0 Å². The van der Waals surface area contributed by atoms with Crippen molar-refractivity contribution in [1.82, 2.24) is 34.4 Å². The van der Waals surface area contributed by atoms with Crippen LogP contribution in [0.5, 0.6) is 0 Å². The van der Waals surface area contributed by atoms with Crippen molar-refractivity contribution in [3.8, 4) is 5.95 Å². The molecule has 3 aromatic heterocycles. The number of anilines is 1. The van der Waals surface area contributed by atoms with E-state index < -0.39 is 6.17 Å². The molecule has 0 amide bonds. The fourth-order valence-electron chi connectivity index (χ4n) is 6.09. The van der Waals surface area contributed by atoms with Crippen LogP contribution >= 0.6 is 0 Å². The number of aryl methyl sites for hydroxylation is 2. The number of hydrogen-bond donors (Lipinski definition) is 1. The van der Waals surface area contributed by atoms with Crippen molar-refractivity contribution in [3.63, 3.8) is 0 Å². The quantitative estimate of drug-likeness (QED) is 0.399. The number of alkyl halides is 1. The lowest BCUT2D eigenvalue weighted by Gasteiger charge is -2.55. The van der Waals surface area contributed by atoms with E-state index in [4.69, 9.17) is 24.7 Å². The normalized spacial score (nSPS) is 24.5. The number of halogens is 1. The van der Waals surface area contributed by atoms with Crippen molar-refractivity contribution in [2.45, 2.75) is 32.1 Å². The molecule has 0 bridgehead atoms. The summed E-state index contributed by atoms with van der Waals surface area (Å²) in [6.07, 6.45) is 0.0342. The molecule has 0 spiro atoms. The summed E-state index contributed by atoms with van der Waals surface area (Å²) in [7, 11) is 2.03. The van der Waals surface area contributed by atoms with E-state index >= 15 is 0 Å². The SMILES string of the molecule is CCc1nc2ccccc2n1-c1nc(N2CCOCC2)c2nc(C[N+]3(C4CNC4)CC(F)C3)n(C)c2n1. The van der Waals surface area contributed by atoms with Gasteiger partial charge in [0.2, 0.25) is 5.95 Å². The maximum atomic E-state index is 14.1. The number of nitrogens with one attached hydrogen (secondary N) is 1. The Hall–Kier alpha value is -3.15. The molecule has 194 valence electrons. The molecular formula is C26H33FN9O+. The van der Waals surface area contributed by atoms with Crippen LogP contribution in [0.15, 0.2) is 24.3 Å². The summed E-state index contributed by atoms with van der Waals surface area (Å²) in [5.41, 5.74) is 3.52. The number of benzene rings is 1. The van der Waals surface area contributed by atoms with Gasteiger partial charge in [-0.1, -0.05) is 19.1 Å². The number of fused-ring (bicyclic) bond motifs is 2. The minimum atomic E-state index is -0.729. The van der Waals surface area contributed by atoms with Crippen molar-refractivity contribution in [2.24, 2.45) is 7.05 Å². The summed E-state index contributed by atoms with van der Waals surface area (Å²) in [6.45, 7) is 8.60. The predicted octanol–water partition coefficient (Wildman–Crippen LogP) is 1.74. The van der Waals surface area contributed by atoms with Crippen LogP contribution in [0.3, 0.4) is 0 Å². The molecule has 0 aliphatic carbocycles. The summed E-state index contributed by atoms with van der Waals surface area (Å²) in [4.78, 5) is 22.4. The number of para-hydroxylation sites is 2. The van der Waals surface area contributed by atoms with Crippen molar-refractivity contribution in [3.05, 3.63) is 35.9 Å². The smallest absolute Gasteiger partial charge is 0.239 e. The minimum Gasteiger partial charge on any atom is -0.378 e. The van der Waals surface area contributed by atoms with Gasteiger partial charge in [0.05, 0.1) is 24.2 Å². The van der Waals surface area contributed by atoms with E-state index in [1.165, 1.54) is 0 Å². The first kappa shape index (κ1) is 23.0. The van der Waals surface area contributed by atoms with Crippen LogP contribution in [-0.4, -0.2) is 98.2 Å². The van der Waals surface area contributed by atoms with Gasteiger partial charge in [0.1, 0.15) is 31.5 Å². The zero-order chi connectivity index (χ0) is 25.1. The van der Waals surface area contributed by atoms with Gasteiger partial charge in [0, 0.05) is 39.6 Å². The summed E-state index contributed by atoms with van der Waals surface area (Å²) in [5.74, 6) is 3.29. The average Bonchev–Trinajstić information content (AvgIpc) is 3.39. The van der Waals surface area contributed by atoms with E-state index in [1.807, 2.05) is 25.2 Å². The molecule has 0 saturated carbocycles. The number of likely N-dealkylation sites (tertiary alicyclic amines) is 1. The molecule has 3 aliphatic heterocycles. The van der Waals surface area contributed by atoms with Gasteiger partial charge in [-0.15, -0.1) is 0 Å². The van der Waals surface area contributed by atoms with Gasteiger partial charge in [-0.3, -0.25) is 4.57 Å². The van der Waals surface area contributed by atoms with Crippen LogP contribution in [0.25, 0.3) is 28.1 Å². The lowest BCUT2D eigenvalue weighted by molar-refractivity contribution is -1.00. The monoisotopic (exact) mass is 506 g/mol. The highest BCUT2D eigenvalue weighted by Crippen LogP contribution is 2.34. The number of hydrogen-bond acceptors (Lipinski definition) is 7. The Balaban J connectivity index is 1.39. The Labute approximate surface area is 214 Å². The van der Waals surface area contributed by atoms with Crippen LogP contribution in [0.1, 0.15) is 18.6 Å². The van der Waals surface area contributed by atoms with E-state index in [2.05, 4.69) is 32.3 Å². The van der Waals surface area contributed by atoms with Crippen molar-refractivity contribution >= 4 is 28.0 Å². The van der Waals surface area contributed by atoms with Crippen molar-refractivity contribution < 1.29 is 13.6 Å². The molecule has 3 fully saturated rings. The molecular weight excluding hydrogens is 473 g/mol. The highest BCUT2D eigenvalue weighted by Gasteiger charge is 2.52. The number of morpholine rings is 1. The second kappa shape index (κ2) is 8.71. The van der Waals surface area contributed by atoms with Crippen molar-refractivity contribution in [1.29, 1.82) is 0 Å². The average molecular weight is 507 g/mol. The number of quaternary nitrogens is 1. The van der Waals surface area contributed by atoms with Gasteiger partial charge in [0.15, 0.2) is 29.0 Å². The maximum Gasteiger partial charge on any atom is 0.239 e. The molecule has 7 rings (SSSR count). The molecule has 11 heteroatoms. The van der Waals surface area contributed by atoms with Crippen LogP contribution in [0.4, 0.5) is 10.2 Å².